The Bertz CT molecular complexity index is 883. The van der Waals surface area contributed by atoms with Gasteiger partial charge in [-0.25, -0.2) is 9.37 Å². The van der Waals surface area contributed by atoms with Crippen molar-refractivity contribution in [2.24, 2.45) is 0 Å². The van der Waals surface area contributed by atoms with E-state index >= 15 is 0 Å². The Morgan fingerprint density at radius 3 is 2.35 bits per heavy atom. The first-order valence-corrected chi connectivity index (χ1v) is 9.12. The van der Waals surface area contributed by atoms with E-state index in [0.29, 0.717) is 27.9 Å². The summed E-state index contributed by atoms with van der Waals surface area (Å²) in [4.78, 5) is 4.58. The third kappa shape index (κ3) is 2.91. The number of pyridine rings is 1. The van der Waals surface area contributed by atoms with Gasteiger partial charge in [0.1, 0.15) is 11.6 Å². The van der Waals surface area contributed by atoms with E-state index in [9.17, 15) is 4.39 Å². The van der Waals surface area contributed by atoms with Gasteiger partial charge in [-0.05, 0) is 63.9 Å². The smallest absolute Gasteiger partial charge is 0.341 e. The molecule has 0 spiro atoms. The van der Waals surface area contributed by atoms with Crippen molar-refractivity contribution in [1.29, 1.82) is 0 Å². The molecule has 26 heavy (non-hydrogen) atoms. The maximum atomic E-state index is 13.4. The molecule has 0 radical (unpaired) electrons. The zero-order valence-electron chi connectivity index (χ0n) is 16.3. The minimum Gasteiger partial charge on any atom is -0.439 e. The van der Waals surface area contributed by atoms with Crippen LogP contribution in [0.2, 0.25) is 10.3 Å². The highest BCUT2D eigenvalue weighted by Crippen LogP contribution is 2.54. The molecule has 1 saturated heterocycles. The molecule has 3 nitrogen and oxygen atoms in total. The summed E-state index contributed by atoms with van der Waals surface area (Å²) in [5.41, 5.74) is 2.90. The van der Waals surface area contributed by atoms with Gasteiger partial charge in [0.25, 0.3) is 0 Å². The van der Waals surface area contributed by atoms with Crippen LogP contribution < -0.4 is 10.2 Å². The van der Waals surface area contributed by atoms with Crippen LogP contribution in [0, 0.1) is 26.6 Å². The van der Waals surface area contributed by atoms with E-state index < -0.39 is 0 Å². The van der Waals surface area contributed by atoms with E-state index in [4.69, 9.17) is 21.0 Å². The molecule has 1 aliphatic heterocycles. The Morgan fingerprint density at radius 1 is 1.15 bits per heavy atom. The summed E-state index contributed by atoms with van der Waals surface area (Å²) in [6.07, 6.45) is 0. The normalized spacial score (nSPS) is 17.8. The summed E-state index contributed by atoms with van der Waals surface area (Å²) in [6, 6.07) is 4.44. The molecule has 1 aromatic carbocycles. The molecule has 0 saturated carbocycles. The number of hydrogen-bond donors (Lipinski definition) is 0. The average Bonchev–Trinajstić information content (AvgIpc) is 2.54. The van der Waals surface area contributed by atoms with Gasteiger partial charge in [-0.15, -0.1) is 0 Å². The third-order valence-corrected chi connectivity index (χ3v) is 6.33. The second-order valence-corrected chi connectivity index (χ2v) is 8.47. The van der Waals surface area contributed by atoms with Crippen LogP contribution in [0.3, 0.4) is 0 Å². The van der Waals surface area contributed by atoms with Crippen LogP contribution in [0.15, 0.2) is 18.2 Å². The van der Waals surface area contributed by atoms with Gasteiger partial charge in [-0.2, -0.15) is 0 Å². The molecular formula is C20H24BClFNO2. The fourth-order valence-corrected chi connectivity index (χ4v) is 3.44. The van der Waals surface area contributed by atoms with Crippen molar-refractivity contribution in [3.63, 3.8) is 0 Å². The van der Waals surface area contributed by atoms with Gasteiger partial charge < -0.3 is 9.39 Å². The van der Waals surface area contributed by atoms with Crippen LogP contribution in [0.4, 0.5) is 4.39 Å². The number of aryl methyl sites for hydroxylation is 2. The maximum Gasteiger partial charge on any atom is 0.341 e. The van der Waals surface area contributed by atoms with Crippen LogP contribution in [0.25, 0.3) is 0 Å². The van der Waals surface area contributed by atoms with E-state index in [1.165, 1.54) is 12.1 Å². The average molecular weight is 376 g/mol. The molecule has 1 aromatic heterocycles. The summed E-state index contributed by atoms with van der Waals surface area (Å²) < 4.78 is 25.7. The van der Waals surface area contributed by atoms with Crippen LogP contribution in [0.1, 0.15) is 44.5 Å². The second kappa shape index (κ2) is 6.24. The van der Waals surface area contributed by atoms with Crippen molar-refractivity contribution in [3.8, 4) is 11.6 Å². The van der Waals surface area contributed by atoms with E-state index in [2.05, 4.69) is 32.7 Å². The van der Waals surface area contributed by atoms with E-state index in [1.54, 1.807) is 13.0 Å². The highest BCUT2D eigenvalue weighted by atomic mass is 35.5. The monoisotopic (exact) mass is 375 g/mol. The number of nitrogens with zero attached hydrogens (tertiary/aromatic N) is 1. The molecule has 0 aliphatic carbocycles. The predicted octanol–water partition coefficient (Wildman–Crippen LogP) is 5.38. The zero-order chi connectivity index (χ0) is 19.4. The molecule has 0 atom stereocenters. The molecule has 0 N–H and O–H groups in total. The summed E-state index contributed by atoms with van der Waals surface area (Å²) >= 11 is 6.48. The summed E-state index contributed by atoms with van der Waals surface area (Å²) in [7, 11) is 0. The number of ether oxygens (including phenoxy) is 1. The van der Waals surface area contributed by atoms with Gasteiger partial charge in [-0.1, -0.05) is 25.4 Å². The first-order valence-electron chi connectivity index (χ1n) is 8.74. The molecule has 138 valence electrons. The van der Waals surface area contributed by atoms with Crippen LogP contribution >= 0.6 is 11.6 Å². The maximum absolute atomic E-state index is 13.4. The van der Waals surface area contributed by atoms with Gasteiger partial charge in [0, 0.05) is 16.4 Å². The summed E-state index contributed by atoms with van der Waals surface area (Å²) in [6.45, 7) is 13.9. The molecule has 0 bridgehead atoms. The lowest BCUT2D eigenvalue weighted by molar-refractivity contribution is -0.00960. The number of halogens is 2. The second-order valence-electron chi connectivity index (χ2n) is 8.10. The number of rotatable bonds is 3. The van der Waals surface area contributed by atoms with Crippen molar-refractivity contribution in [2.45, 2.75) is 59.4 Å². The Kier molecular flexibility index (Phi) is 4.61. The SMILES string of the molecule is Cc1cc(F)ccc1Oc1nc(C)c(Cl)c(C)c1B1OC(C)(C)C1(C)C. The standard InChI is InChI=1S/C20H24BClFNO2/c1-11-10-14(23)8-9-15(11)25-18-16(12(2)17(22)13(3)24-18)21-19(4,5)20(6,7)26-21/h8-10H,1-7H3. The molecule has 1 fully saturated rings. The highest BCUT2D eigenvalue weighted by molar-refractivity contribution is 6.74. The quantitative estimate of drug-likeness (QED) is 0.675. The van der Waals surface area contributed by atoms with E-state index in [1.807, 2.05) is 13.8 Å². The van der Waals surface area contributed by atoms with Gasteiger partial charge in [0.15, 0.2) is 0 Å². The molecule has 1 aliphatic rings. The Labute approximate surface area is 160 Å². The van der Waals surface area contributed by atoms with Crippen LogP contribution in [-0.2, 0) is 4.65 Å². The Morgan fingerprint density at radius 2 is 1.81 bits per heavy atom. The lowest BCUT2D eigenvalue weighted by atomic mass is 9.32. The highest BCUT2D eigenvalue weighted by Gasteiger charge is 2.60. The lowest BCUT2D eigenvalue weighted by Crippen LogP contribution is -2.67. The largest absolute Gasteiger partial charge is 0.439 e. The molecule has 0 unspecified atom stereocenters. The predicted molar refractivity (Wildman–Crippen MR) is 105 cm³/mol. The minimum atomic E-state index is -0.295. The van der Waals surface area contributed by atoms with Crippen molar-refractivity contribution in [2.75, 3.05) is 0 Å². The van der Waals surface area contributed by atoms with Gasteiger partial charge in [0.2, 0.25) is 5.88 Å². The van der Waals surface area contributed by atoms with E-state index in [0.717, 1.165) is 11.0 Å². The molecule has 3 rings (SSSR count). The van der Waals surface area contributed by atoms with Gasteiger partial charge in [0.05, 0.1) is 10.7 Å². The molecule has 2 aromatic rings. The molecule has 2 heterocycles. The fourth-order valence-electron chi connectivity index (χ4n) is 3.30. The fraction of sp³-hybridized carbons (Fsp3) is 0.450. The third-order valence-electron chi connectivity index (χ3n) is 5.78. The topological polar surface area (TPSA) is 31.4 Å². The van der Waals surface area contributed by atoms with Crippen LogP contribution in [-0.4, -0.2) is 17.5 Å². The molecular weight excluding hydrogens is 351 g/mol. The number of aromatic nitrogens is 1. The van der Waals surface area contributed by atoms with Crippen molar-refractivity contribution in [3.05, 3.63) is 45.9 Å². The number of hydrogen-bond acceptors (Lipinski definition) is 3. The summed E-state index contributed by atoms with van der Waals surface area (Å²) in [5, 5.41) is 0.501. The zero-order valence-corrected chi connectivity index (χ0v) is 17.1. The Hall–Kier alpha value is -1.59. The van der Waals surface area contributed by atoms with Crippen molar-refractivity contribution < 1.29 is 13.8 Å². The first-order chi connectivity index (χ1) is 12.0. The first kappa shape index (κ1) is 19.2. The van der Waals surface area contributed by atoms with Gasteiger partial charge >= 0.3 is 6.92 Å². The van der Waals surface area contributed by atoms with E-state index in [-0.39, 0.29) is 23.6 Å². The number of benzene rings is 1. The van der Waals surface area contributed by atoms with Gasteiger partial charge in [-0.3, -0.25) is 0 Å². The Balaban J connectivity index is 2.11. The van der Waals surface area contributed by atoms with Crippen molar-refractivity contribution in [1.82, 2.24) is 4.98 Å². The molecule has 6 heteroatoms. The lowest BCUT2D eigenvalue weighted by Gasteiger charge is -2.57. The van der Waals surface area contributed by atoms with Crippen molar-refractivity contribution >= 4 is 24.0 Å². The van der Waals surface area contributed by atoms with Crippen LogP contribution in [0.5, 0.6) is 11.6 Å². The molecule has 0 amide bonds. The summed E-state index contributed by atoms with van der Waals surface area (Å²) in [5.74, 6) is 0.738. The minimum absolute atomic E-state index is 0.117.